The van der Waals surface area contributed by atoms with Gasteiger partial charge >= 0.3 is 0 Å². The standard InChI is InChI=1S/C15H21N3O2/c1-11(18(2)12-6-4-3-5-7-12)10-16-15(20)13-8-9-14(19)17-13/h3-7,11,13H,8-10H2,1-2H3,(H,16,20)(H,17,19)/t11-,13+/m0/s1. The van der Waals surface area contributed by atoms with Crippen LogP contribution in [0.5, 0.6) is 0 Å². The highest BCUT2D eigenvalue weighted by molar-refractivity contribution is 5.90. The van der Waals surface area contributed by atoms with Gasteiger partial charge in [-0.1, -0.05) is 18.2 Å². The minimum Gasteiger partial charge on any atom is -0.370 e. The maximum absolute atomic E-state index is 11.9. The van der Waals surface area contributed by atoms with Crippen molar-refractivity contribution in [2.75, 3.05) is 18.5 Å². The second kappa shape index (κ2) is 6.41. The fourth-order valence-corrected chi connectivity index (χ4v) is 2.24. The van der Waals surface area contributed by atoms with E-state index in [2.05, 4.69) is 22.5 Å². The first-order valence-electron chi connectivity index (χ1n) is 6.93. The van der Waals surface area contributed by atoms with Crippen LogP contribution in [0.3, 0.4) is 0 Å². The number of nitrogens with zero attached hydrogens (tertiary/aromatic N) is 1. The number of rotatable bonds is 5. The third-order valence-electron chi connectivity index (χ3n) is 3.71. The first-order valence-corrected chi connectivity index (χ1v) is 6.93. The summed E-state index contributed by atoms with van der Waals surface area (Å²) in [4.78, 5) is 25.1. The van der Waals surface area contributed by atoms with Gasteiger partial charge in [0.05, 0.1) is 0 Å². The summed E-state index contributed by atoms with van der Waals surface area (Å²) < 4.78 is 0. The fraction of sp³-hybridized carbons (Fsp3) is 0.467. The molecule has 0 radical (unpaired) electrons. The number of nitrogens with one attached hydrogen (secondary N) is 2. The van der Waals surface area contributed by atoms with E-state index in [1.165, 1.54) is 0 Å². The molecule has 1 aliphatic heterocycles. The molecule has 2 amide bonds. The molecule has 5 nitrogen and oxygen atoms in total. The number of amides is 2. The minimum absolute atomic E-state index is 0.0420. The van der Waals surface area contributed by atoms with Crippen molar-refractivity contribution in [3.63, 3.8) is 0 Å². The zero-order chi connectivity index (χ0) is 14.5. The lowest BCUT2D eigenvalue weighted by atomic mass is 10.2. The van der Waals surface area contributed by atoms with E-state index < -0.39 is 0 Å². The Morgan fingerprint density at radius 3 is 2.75 bits per heavy atom. The number of anilines is 1. The van der Waals surface area contributed by atoms with Gasteiger partial charge in [-0.25, -0.2) is 0 Å². The Morgan fingerprint density at radius 1 is 1.45 bits per heavy atom. The predicted molar refractivity (Wildman–Crippen MR) is 78.5 cm³/mol. The third-order valence-corrected chi connectivity index (χ3v) is 3.71. The highest BCUT2D eigenvalue weighted by Crippen LogP contribution is 2.13. The molecule has 2 atom stereocenters. The molecular formula is C15H21N3O2. The molecule has 108 valence electrons. The Balaban J connectivity index is 1.81. The van der Waals surface area contributed by atoms with Gasteiger partial charge in [-0.15, -0.1) is 0 Å². The Morgan fingerprint density at radius 2 is 2.15 bits per heavy atom. The SMILES string of the molecule is C[C@@H](CNC(=O)[C@H]1CCC(=O)N1)N(C)c1ccccc1. The van der Waals surface area contributed by atoms with E-state index in [4.69, 9.17) is 0 Å². The minimum atomic E-state index is -0.364. The van der Waals surface area contributed by atoms with E-state index in [0.29, 0.717) is 19.4 Å². The third kappa shape index (κ3) is 3.50. The number of benzene rings is 1. The molecule has 1 aromatic carbocycles. The summed E-state index contributed by atoms with van der Waals surface area (Å²) >= 11 is 0. The van der Waals surface area contributed by atoms with Crippen LogP contribution in [0.2, 0.25) is 0 Å². The van der Waals surface area contributed by atoms with Crippen LogP contribution in [0, 0.1) is 0 Å². The molecule has 0 unspecified atom stereocenters. The molecule has 2 rings (SSSR count). The van der Waals surface area contributed by atoms with Gasteiger partial charge < -0.3 is 15.5 Å². The van der Waals surface area contributed by atoms with Gasteiger partial charge in [-0.3, -0.25) is 9.59 Å². The van der Waals surface area contributed by atoms with Gasteiger partial charge in [-0.05, 0) is 25.5 Å². The maximum atomic E-state index is 11.9. The Hall–Kier alpha value is -2.04. The van der Waals surface area contributed by atoms with Gasteiger partial charge in [-0.2, -0.15) is 0 Å². The summed E-state index contributed by atoms with van der Waals surface area (Å²) in [5.74, 6) is -0.135. The highest BCUT2D eigenvalue weighted by atomic mass is 16.2. The summed E-state index contributed by atoms with van der Waals surface area (Å²) in [6, 6.07) is 9.85. The van der Waals surface area contributed by atoms with Crippen LogP contribution in [0.15, 0.2) is 30.3 Å². The van der Waals surface area contributed by atoms with E-state index in [9.17, 15) is 9.59 Å². The lowest BCUT2D eigenvalue weighted by Crippen LogP contribution is -2.46. The van der Waals surface area contributed by atoms with Gasteiger partial charge in [0.15, 0.2) is 0 Å². The van der Waals surface area contributed by atoms with Crippen LogP contribution in [0.25, 0.3) is 0 Å². The van der Waals surface area contributed by atoms with Crippen molar-refractivity contribution in [3.8, 4) is 0 Å². The smallest absolute Gasteiger partial charge is 0.242 e. The van der Waals surface area contributed by atoms with Crippen molar-refractivity contribution >= 4 is 17.5 Å². The number of hydrogen-bond acceptors (Lipinski definition) is 3. The summed E-state index contributed by atoms with van der Waals surface area (Å²) in [6.07, 6.45) is 1.03. The zero-order valence-corrected chi connectivity index (χ0v) is 11.9. The van der Waals surface area contributed by atoms with Crippen LogP contribution in [-0.2, 0) is 9.59 Å². The van der Waals surface area contributed by atoms with Crippen LogP contribution in [0.4, 0.5) is 5.69 Å². The van der Waals surface area contributed by atoms with E-state index >= 15 is 0 Å². The molecule has 1 aliphatic rings. The summed E-state index contributed by atoms with van der Waals surface area (Å²) in [6.45, 7) is 2.61. The fourth-order valence-electron chi connectivity index (χ4n) is 2.24. The summed E-state index contributed by atoms with van der Waals surface area (Å²) in [5.41, 5.74) is 1.11. The first-order chi connectivity index (χ1) is 9.58. The lowest BCUT2D eigenvalue weighted by molar-refractivity contribution is -0.125. The molecule has 1 aromatic rings. The molecule has 0 spiro atoms. The lowest BCUT2D eigenvalue weighted by Gasteiger charge is -2.27. The second-order valence-electron chi connectivity index (χ2n) is 5.20. The molecule has 1 saturated heterocycles. The van der Waals surface area contributed by atoms with Crippen molar-refractivity contribution in [1.82, 2.24) is 10.6 Å². The number of para-hydroxylation sites is 1. The van der Waals surface area contributed by atoms with Crippen molar-refractivity contribution in [3.05, 3.63) is 30.3 Å². The predicted octanol–water partition coefficient (Wildman–Crippen LogP) is 0.906. The number of likely N-dealkylation sites (N-methyl/N-ethyl adjacent to an activating group) is 1. The van der Waals surface area contributed by atoms with Crippen molar-refractivity contribution < 1.29 is 9.59 Å². The van der Waals surface area contributed by atoms with E-state index in [-0.39, 0.29) is 23.9 Å². The normalized spacial score (nSPS) is 19.3. The highest BCUT2D eigenvalue weighted by Gasteiger charge is 2.27. The zero-order valence-electron chi connectivity index (χ0n) is 11.9. The van der Waals surface area contributed by atoms with Gasteiger partial charge in [0.1, 0.15) is 6.04 Å². The quantitative estimate of drug-likeness (QED) is 0.839. The van der Waals surface area contributed by atoms with Crippen LogP contribution in [-0.4, -0.2) is 37.5 Å². The Bertz CT molecular complexity index is 475. The molecule has 0 aromatic heterocycles. The average Bonchev–Trinajstić information content (AvgIpc) is 2.91. The maximum Gasteiger partial charge on any atom is 0.242 e. The molecular weight excluding hydrogens is 254 g/mol. The van der Waals surface area contributed by atoms with Gasteiger partial charge in [0, 0.05) is 31.7 Å². The van der Waals surface area contributed by atoms with Crippen molar-refractivity contribution in [2.45, 2.75) is 31.8 Å². The molecule has 1 heterocycles. The van der Waals surface area contributed by atoms with E-state index in [1.807, 2.05) is 37.4 Å². The van der Waals surface area contributed by atoms with E-state index in [0.717, 1.165) is 5.69 Å². The topological polar surface area (TPSA) is 61.4 Å². The van der Waals surface area contributed by atoms with Gasteiger partial charge in [0.2, 0.25) is 11.8 Å². The first kappa shape index (κ1) is 14.4. The monoisotopic (exact) mass is 275 g/mol. The molecule has 1 fully saturated rings. The van der Waals surface area contributed by atoms with Crippen molar-refractivity contribution in [1.29, 1.82) is 0 Å². The molecule has 0 saturated carbocycles. The van der Waals surface area contributed by atoms with Crippen LogP contribution < -0.4 is 15.5 Å². The average molecular weight is 275 g/mol. The van der Waals surface area contributed by atoms with Crippen LogP contribution in [0.1, 0.15) is 19.8 Å². The largest absolute Gasteiger partial charge is 0.370 e. The summed E-state index contributed by atoms with van der Waals surface area (Å²) in [5, 5.41) is 5.57. The second-order valence-corrected chi connectivity index (χ2v) is 5.20. The van der Waals surface area contributed by atoms with Crippen molar-refractivity contribution in [2.24, 2.45) is 0 Å². The number of hydrogen-bond donors (Lipinski definition) is 2. The number of carbonyl (C=O) groups is 2. The van der Waals surface area contributed by atoms with Crippen LogP contribution >= 0.6 is 0 Å². The van der Waals surface area contributed by atoms with Gasteiger partial charge in [0.25, 0.3) is 0 Å². The molecule has 20 heavy (non-hydrogen) atoms. The Kier molecular flexibility index (Phi) is 4.61. The molecule has 0 aliphatic carbocycles. The molecule has 2 N–H and O–H groups in total. The number of carbonyl (C=O) groups excluding carboxylic acids is 2. The molecule has 0 bridgehead atoms. The Labute approximate surface area is 119 Å². The van der Waals surface area contributed by atoms with E-state index in [1.54, 1.807) is 0 Å². The summed E-state index contributed by atoms with van der Waals surface area (Å²) in [7, 11) is 2.00. The molecule has 5 heteroatoms.